The average molecular weight is 508 g/mol. The molecule has 2 fully saturated rings. The van der Waals surface area contributed by atoms with Crippen LogP contribution in [-0.4, -0.2) is 81.4 Å². The summed E-state index contributed by atoms with van der Waals surface area (Å²) < 4.78 is 61.6. The van der Waals surface area contributed by atoms with Crippen LogP contribution in [-0.2, 0) is 14.8 Å². The molecule has 2 aromatic carbocycles. The molecule has 1 amide bonds. The Kier molecular flexibility index (Phi) is 7.73. The second kappa shape index (κ2) is 10.6. The number of ether oxygens (including phenoxy) is 1. The highest BCUT2D eigenvalue weighted by molar-refractivity contribution is 7.89. The standard InChI is InChI=1S/C25H31F2N3O4S/c1-28-13-15-29(16-14-28)24(31)17-25(19-34-21-9-7-20(26)8-10-21)11-4-12-30(18-25)35(32,33)23-6-3-2-5-22(23)27/h2-3,5-10H,4,11-19H2,1H3/t25-/m1/s1. The first-order valence-electron chi connectivity index (χ1n) is 11.8. The van der Waals surface area contributed by atoms with E-state index in [4.69, 9.17) is 4.74 Å². The lowest BCUT2D eigenvalue weighted by atomic mass is 9.78. The molecule has 0 radical (unpaired) electrons. The molecule has 0 unspecified atom stereocenters. The van der Waals surface area contributed by atoms with Gasteiger partial charge in [0.05, 0.1) is 6.61 Å². The zero-order valence-electron chi connectivity index (χ0n) is 19.8. The molecule has 0 spiro atoms. The van der Waals surface area contributed by atoms with E-state index in [-0.39, 0.29) is 36.9 Å². The average Bonchev–Trinajstić information content (AvgIpc) is 2.84. The van der Waals surface area contributed by atoms with Crippen molar-refractivity contribution < 1.29 is 26.7 Å². The van der Waals surface area contributed by atoms with Crippen molar-refractivity contribution in [2.45, 2.75) is 24.2 Å². The van der Waals surface area contributed by atoms with Crippen molar-refractivity contribution in [2.75, 3.05) is 52.9 Å². The number of carbonyl (C=O) groups excluding carboxylic acids is 1. The van der Waals surface area contributed by atoms with E-state index in [9.17, 15) is 22.0 Å². The van der Waals surface area contributed by atoms with Gasteiger partial charge in [0.1, 0.15) is 22.3 Å². The second-order valence-corrected chi connectivity index (χ2v) is 11.4. The Hall–Kier alpha value is -2.56. The lowest BCUT2D eigenvalue weighted by Crippen LogP contribution is -2.53. The zero-order valence-corrected chi connectivity index (χ0v) is 20.6. The smallest absolute Gasteiger partial charge is 0.246 e. The van der Waals surface area contributed by atoms with Crippen molar-refractivity contribution in [3.63, 3.8) is 0 Å². The fourth-order valence-electron chi connectivity index (χ4n) is 4.73. The first kappa shape index (κ1) is 25.5. The topological polar surface area (TPSA) is 70.2 Å². The van der Waals surface area contributed by atoms with Gasteiger partial charge in [0.15, 0.2) is 0 Å². The van der Waals surface area contributed by atoms with Crippen LogP contribution in [0.5, 0.6) is 5.75 Å². The maximum atomic E-state index is 14.4. The van der Waals surface area contributed by atoms with E-state index in [1.165, 1.54) is 46.8 Å². The molecule has 2 aliphatic rings. The molecule has 7 nitrogen and oxygen atoms in total. The Bertz CT molecular complexity index is 1140. The van der Waals surface area contributed by atoms with E-state index in [1.54, 1.807) is 0 Å². The molecule has 2 aromatic rings. The van der Waals surface area contributed by atoms with Gasteiger partial charge in [-0.2, -0.15) is 4.31 Å². The normalized spacial score (nSPS) is 22.2. The predicted octanol–water partition coefficient (Wildman–Crippen LogP) is 2.98. The van der Waals surface area contributed by atoms with Gasteiger partial charge in [-0.3, -0.25) is 4.79 Å². The Morgan fingerprint density at radius 1 is 1.00 bits per heavy atom. The molecule has 4 rings (SSSR count). The predicted molar refractivity (Wildman–Crippen MR) is 127 cm³/mol. The van der Waals surface area contributed by atoms with Crippen LogP contribution in [0.2, 0.25) is 0 Å². The Morgan fingerprint density at radius 3 is 2.37 bits per heavy atom. The zero-order chi connectivity index (χ0) is 25.1. The molecule has 0 aliphatic carbocycles. The highest BCUT2D eigenvalue weighted by Crippen LogP contribution is 2.37. The largest absolute Gasteiger partial charge is 0.493 e. The van der Waals surface area contributed by atoms with Gasteiger partial charge in [-0.1, -0.05) is 12.1 Å². The lowest BCUT2D eigenvalue weighted by molar-refractivity contribution is -0.136. The van der Waals surface area contributed by atoms with Crippen molar-refractivity contribution in [3.05, 3.63) is 60.2 Å². The van der Waals surface area contributed by atoms with Crippen LogP contribution in [0.15, 0.2) is 53.4 Å². The van der Waals surface area contributed by atoms with Gasteiger partial charge in [-0.15, -0.1) is 0 Å². The Balaban J connectivity index is 1.58. The van der Waals surface area contributed by atoms with Crippen LogP contribution in [0.3, 0.4) is 0 Å². The minimum atomic E-state index is -4.10. The van der Waals surface area contributed by atoms with E-state index in [1.807, 2.05) is 11.9 Å². The van der Waals surface area contributed by atoms with Gasteiger partial charge in [-0.25, -0.2) is 17.2 Å². The summed E-state index contributed by atoms with van der Waals surface area (Å²) in [7, 11) is -2.09. The second-order valence-electron chi connectivity index (χ2n) is 9.48. The number of likely N-dealkylation sites (N-methyl/N-ethyl adjacent to an activating group) is 1. The van der Waals surface area contributed by atoms with Crippen molar-refractivity contribution >= 4 is 15.9 Å². The summed E-state index contributed by atoms with van der Waals surface area (Å²) in [5.74, 6) is -0.810. The molecule has 0 N–H and O–H groups in total. The van der Waals surface area contributed by atoms with Gasteiger partial charge in [-0.05, 0) is 56.3 Å². The van der Waals surface area contributed by atoms with E-state index in [0.717, 1.165) is 19.2 Å². The van der Waals surface area contributed by atoms with E-state index < -0.39 is 27.1 Å². The minimum Gasteiger partial charge on any atom is -0.493 e. The molecule has 10 heteroatoms. The van der Waals surface area contributed by atoms with Gasteiger partial charge in [0, 0.05) is 51.1 Å². The number of hydrogen-bond acceptors (Lipinski definition) is 5. The number of piperidine rings is 1. The third-order valence-corrected chi connectivity index (χ3v) is 8.70. The van der Waals surface area contributed by atoms with Crippen molar-refractivity contribution in [1.82, 2.24) is 14.1 Å². The van der Waals surface area contributed by atoms with Crippen molar-refractivity contribution in [3.8, 4) is 5.75 Å². The highest BCUT2D eigenvalue weighted by atomic mass is 32.2. The lowest BCUT2D eigenvalue weighted by Gasteiger charge is -2.43. The monoisotopic (exact) mass is 507 g/mol. The summed E-state index contributed by atoms with van der Waals surface area (Å²) in [5, 5.41) is 0. The molecular weight excluding hydrogens is 476 g/mol. The molecule has 0 bridgehead atoms. The fourth-order valence-corrected chi connectivity index (χ4v) is 6.39. The minimum absolute atomic E-state index is 0.0321. The molecule has 2 saturated heterocycles. The summed E-state index contributed by atoms with van der Waals surface area (Å²) in [5.41, 5.74) is -0.800. The van der Waals surface area contributed by atoms with Crippen molar-refractivity contribution in [2.24, 2.45) is 5.41 Å². The summed E-state index contributed by atoms with van der Waals surface area (Å²) in [4.78, 5) is 16.9. The number of halogens is 2. The fraction of sp³-hybridized carbons (Fsp3) is 0.480. The van der Waals surface area contributed by atoms with Crippen LogP contribution < -0.4 is 4.74 Å². The van der Waals surface area contributed by atoms with Crippen LogP contribution in [0.1, 0.15) is 19.3 Å². The quantitative estimate of drug-likeness (QED) is 0.577. The number of rotatable bonds is 7. The summed E-state index contributed by atoms with van der Waals surface area (Å²) in [6.45, 7) is 3.13. The van der Waals surface area contributed by atoms with Crippen LogP contribution in [0.25, 0.3) is 0 Å². The molecule has 2 aliphatic heterocycles. The SMILES string of the molecule is CN1CCN(C(=O)C[C@]2(COc3ccc(F)cc3)CCCN(S(=O)(=O)c3ccccc3F)C2)CC1. The van der Waals surface area contributed by atoms with E-state index in [0.29, 0.717) is 31.7 Å². The van der Waals surface area contributed by atoms with Gasteiger partial charge >= 0.3 is 0 Å². The number of nitrogens with zero attached hydrogens (tertiary/aromatic N) is 3. The van der Waals surface area contributed by atoms with E-state index >= 15 is 0 Å². The molecule has 2 heterocycles. The molecule has 0 saturated carbocycles. The van der Waals surface area contributed by atoms with Crippen molar-refractivity contribution in [1.29, 1.82) is 0 Å². The first-order valence-corrected chi connectivity index (χ1v) is 13.2. The Morgan fingerprint density at radius 2 is 1.69 bits per heavy atom. The molecule has 0 aromatic heterocycles. The number of carbonyl (C=O) groups is 1. The highest BCUT2D eigenvalue weighted by Gasteiger charge is 2.43. The van der Waals surface area contributed by atoms with Gasteiger partial charge < -0.3 is 14.5 Å². The molecule has 190 valence electrons. The van der Waals surface area contributed by atoms with Crippen LogP contribution in [0.4, 0.5) is 8.78 Å². The summed E-state index contributed by atoms with van der Waals surface area (Å²) in [6, 6.07) is 10.9. The van der Waals surface area contributed by atoms with Gasteiger partial charge in [0.2, 0.25) is 15.9 Å². The molecular formula is C25H31F2N3O4S. The third-order valence-electron chi connectivity index (χ3n) is 6.82. The Labute approximate surface area is 205 Å². The number of piperazine rings is 1. The van der Waals surface area contributed by atoms with Crippen LogP contribution in [0, 0.1) is 17.0 Å². The number of benzene rings is 2. The van der Waals surface area contributed by atoms with E-state index in [2.05, 4.69) is 4.90 Å². The van der Waals surface area contributed by atoms with Crippen LogP contribution >= 0.6 is 0 Å². The number of amides is 1. The maximum absolute atomic E-state index is 14.4. The first-order chi connectivity index (χ1) is 16.7. The summed E-state index contributed by atoms with van der Waals surface area (Å²) >= 11 is 0. The summed E-state index contributed by atoms with van der Waals surface area (Å²) in [6.07, 6.45) is 1.20. The van der Waals surface area contributed by atoms with Gasteiger partial charge in [0.25, 0.3) is 0 Å². The molecule has 35 heavy (non-hydrogen) atoms. The number of hydrogen-bond donors (Lipinski definition) is 0. The molecule has 1 atom stereocenters. The maximum Gasteiger partial charge on any atom is 0.246 e. The number of sulfonamides is 1. The third kappa shape index (κ3) is 5.99.